The van der Waals surface area contributed by atoms with Gasteiger partial charge in [-0.05, 0) is 37.7 Å². The van der Waals surface area contributed by atoms with E-state index in [0.717, 1.165) is 25.9 Å². The van der Waals surface area contributed by atoms with Crippen LogP contribution >= 0.6 is 0 Å². The maximum atomic E-state index is 12.9. The number of hydrogen-bond acceptors (Lipinski definition) is 5. The molecule has 8 heteroatoms. The first-order valence-electron chi connectivity index (χ1n) is 8.42. The zero-order valence-corrected chi connectivity index (χ0v) is 16.1. The van der Waals surface area contributed by atoms with E-state index in [1.165, 1.54) is 4.31 Å². The minimum absolute atomic E-state index is 0.169. The van der Waals surface area contributed by atoms with E-state index >= 15 is 0 Å². The van der Waals surface area contributed by atoms with Crippen LogP contribution in [0.2, 0.25) is 0 Å². The zero-order valence-electron chi connectivity index (χ0n) is 15.3. The fraction of sp³-hybridized carbons (Fsp3) is 0.588. The Hall–Kier alpha value is -1.80. The highest BCUT2D eigenvalue weighted by Gasteiger charge is 2.33. The SMILES string of the molecule is CCN1CCN(C(=O)[C@H](C)N(c2ccc(OC)cc2)S(C)(=O)=O)CC1. The Morgan fingerprint density at radius 3 is 2.20 bits per heavy atom. The summed E-state index contributed by atoms with van der Waals surface area (Å²) in [6, 6.07) is 5.88. The third-order valence-electron chi connectivity index (χ3n) is 4.52. The van der Waals surface area contributed by atoms with Crippen molar-refractivity contribution in [1.29, 1.82) is 0 Å². The summed E-state index contributed by atoms with van der Waals surface area (Å²) in [4.78, 5) is 16.9. The highest BCUT2D eigenvalue weighted by molar-refractivity contribution is 7.92. The number of nitrogens with zero attached hydrogens (tertiary/aromatic N) is 3. The van der Waals surface area contributed by atoms with Gasteiger partial charge in [-0.1, -0.05) is 6.92 Å². The van der Waals surface area contributed by atoms with E-state index in [9.17, 15) is 13.2 Å². The molecule has 0 N–H and O–H groups in total. The van der Waals surface area contributed by atoms with E-state index < -0.39 is 16.1 Å². The van der Waals surface area contributed by atoms with Crippen LogP contribution in [0.25, 0.3) is 0 Å². The number of rotatable bonds is 6. The lowest BCUT2D eigenvalue weighted by Gasteiger charge is -2.37. The molecule has 1 aliphatic heterocycles. The van der Waals surface area contributed by atoms with Crippen molar-refractivity contribution < 1.29 is 17.9 Å². The number of benzene rings is 1. The van der Waals surface area contributed by atoms with Crippen LogP contribution in [0.15, 0.2) is 24.3 Å². The first-order chi connectivity index (χ1) is 11.8. The Morgan fingerprint density at radius 2 is 1.76 bits per heavy atom. The lowest BCUT2D eigenvalue weighted by atomic mass is 10.2. The quantitative estimate of drug-likeness (QED) is 0.749. The van der Waals surface area contributed by atoms with Crippen molar-refractivity contribution in [2.75, 3.05) is 50.4 Å². The minimum Gasteiger partial charge on any atom is -0.497 e. The fourth-order valence-corrected chi connectivity index (χ4v) is 4.25. The summed E-state index contributed by atoms with van der Waals surface area (Å²) in [7, 11) is -2.05. The lowest BCUT2D eigenvalue weighted by molar-refractivity contribution is -0.133. The molecule has 0 aliphatic carbocycles. The number of anilines is 1. The Kier molecular flexibility index (Phi) is 6.29. The number of ether oxygens (including phenoxy) is 1. The highest BCUT2D eigenvalue weighted by Crippen LogP contribution is 2.24. The number of piperazine rings is 1. The molecule has 140 valence electrons. The molecular weight excluding hydrogens is 342 g/mol. The van der Waals surface area contributed by atoms with Gasteiger partial charge in [0, 0.05) is 26.2 Å². The molecule has 2 rings (SSSR count). The molecule has 0 aromatic heterocycles. The summed E-state index contributed by atoms with van der Waals surface area (Å²) >= 11 is 0. The van der Waals surface area contributed by atoms with Crippen molar-refractivity contribution in [1.82, 2.24) is 9.80 Å². The van der Waals surface area contributed by atoms with Gasteiger partial charge in [0.2, 0.25) is 15.9 Å². The van der Waals surface area contributed by atoms with Crippen molar-refractivity contribution in [2.45, 2.75) is 19.9 Å². The van der Waals surface area contributed by atoms with Crippen molar-refractivity contribution in [3.8, 4) is 5.75 Å². The van der Waals surface area contributed by atoms with E-state index in [2.05, 4.69) is 11.8 Å². The molecule has 1 aliphatic rings. The number of carbonyl (C=O) groups is 1. The van der Waals surface area contributed by atoms with Gasteiger partial charge in [0.05, 0.1) is 19.1 Å². The summed E-state index contributed by atoms with van der Waals surface area (Å²) in [5.41, 5.74) is 0.455. The Balaban J connectivity index is 2.21. The highest BCUT2D eigenvalue weighted by atomic mass is 32.2. The van der Waals surface area contributed by atoms with Gasteiger partial charge in [-0.2, -0.15) is 0 Å². The number of carbonyl (C=O) groups excluding carboxylic acids is 1. The molecule has 1 amide bonds. The smallest absolute Gasteiger partial charge is 0.246 e. The maximum absolute atomic E-state index is 12.9. The Labute approximate surface area is 150 Å². The zero-order chi connectivity index (χ0) is 18.6. The molecule has 25 heavy (non-hydrogen) atoms. The average molecular weight is 369 g/mol. The monoisotopic (exact) mass is 369 g/mol. The standard InChI is InChI=1S/C17H27N3O4S/c1-5-18-10-12-19(13-11-18)17(21)14(2)20(25(4,22)23)15-6-8-16(24-3)9-7-15/h6-9,14H,5,10-13H2,1-4H3/t14-/m0/s1. The molecular formula is C17H27N3O4S. The predicted octanol–water partition coefficient (Wildman–Crippen LogP) is 1.01. The second-order valence-corrected chi connectivity index (χ2v) is 8.05. The van der Waals surface area contributed by atoms with E-state index in [1.54, 1.807) is 43.2 Å². The van der Waals surface area contributed by atoms with Gasteiger partial charge in [-0.15, -0.1) is 0 Å². The Morgan fingerprint density at radius 1 is 1.20 bits per heavy atom. The molecule has 7 nitrogen and oxygen atoms in total. The van der Waals surface area contributed by atoms with Crippen LogP contribution in [0.3, 0.4) is 0 Å². The number of hydrogen-bond donors (Lipinski definition) is 0. The topological polar surface area (TPSA) is 70.2 Å². The van der Waals surface area contributed by atoms with Gasteiger partial charge in [0.25, 0.3) is 0 Å². The van der Waals surface area contributed by atoms with E-state index in [1.807, 2.05) is 0 Å². The van der Waals surface area contributed by atoms with Crippen LogP contribution in [0.5, 0.6) is 5.75 Å². The predicted molar refractivity (Wildman–Crippen MR) is 98.5 cm³/mol. The largest absolute Gasteiger partial charge is 0.497 e. The first-order valence-corrected chi connectivity index (χ1v) is 10.3. The summed E-state index contributed by atoms with van der Waals surface area (Å²) < 4.78 is 31.0. The molecule has 1 aromatic rings. The molecule has 0 unspecified atom stereocenters. The van der Waals surface area contributed by atoms with Crippen LogP contribution in [0.1, 0.15) is 13.8 Å². The second kappa shape index (κ2) is 8.05. The van der Waals surface area contributed by atoms with Crippen LogP contribution in [-0.4, -0.2) is 76.3 Å². The average Bonchev–Trinajstić information content (AvgIpc) is 2.60. The Bertz CT molecular complexity index is 682. The molecule has 1 fully saturated rings. The molecule has 1 aromatic carbocycles. The molecule has 0 spiro atoms. The van der Waals surface area contributed by atoms with Gasteiger partial charge in [-0.25, -0.2) is 8.42 Å². The lowest BCUT2D eigenvalue weighted by Crippen LogP contribution is -2.55. The summed E-state index contributed by atoms with van der Waals surface area (Å²) in [6.07, 6.45) is 1.12. The molecule has 0 radical (unpaired) electrons. The number of sulfonamides is 1. The van der Waals surface area contributed by atoms with Gasteiger partial charge < -0.3 is 14.5 Å². The fourth-order valence-electron chi connectivity index (χ4n) is 3.08. The molecule has 0 saturated carbocycles. The molecule has 1 heterocycles. The molecule has 0 bridgehead atoms. The summed E-state index contributed by atoms with van der Waals surface area (Å²) in [5, 5.41) is 0. The van der Waals surface area contributed by atoms with Gasteiger partial charge in [0.15, 0.2) is 0 Å². The second-order valence-electron chi connectivity index (χ2n) is 6.19. The van der Waals surface area contributed by atoms with Gasteiger partial charge in [0.1, 0.15) is 11.8 Å². The maximum Gasteiger partial charge on any atom is 0.246 e. The molecule has 1 atom stereocenters. The number of likely N-dealkylation sites (N-methyl/N-ethyl adjacent to an activating group) is 1. The van der Waals surface area contributed by atoms with E-state index in [-0.39, 0.29) is 5.91 Å². The van der Waals surface area contributed by atoms with Gasteiger partial charge >= 0.3 is 0 Å². The first kappa shape index (κ1) is 19.5. The van der Waals surface area contributed by atoms with Crippen molar-refractivity contribution in [3.05, 3.63) is 24.3 Å². The number of amides is 1. The van der Waals surface area contributed by atoms with Gasteiger partial charge in [-0.3, -0.25) is 9.10 Å². The van der Waals surface area contributed by atoms with E-state index in [4.69, 9.17) is 4.74 Å². The number of methoxy groups -OCH3 is 1. The summed E-state index contributed by atoms with van der Waals surface area (Å²) in [5.74, 6) is 0.462. The third-order valence-corrected chi connectivity index (χ3v) is 5.77. The van der Waals surface area contributed by atoms with Crippen LogP contribution in [0.4, 0.5) is 5.69 Å². The molecule has 1 saturated heterocycles. The minimum atomic E-state index is -3.60. The third kappa shape index (κ3) is 4.64. The van der Waals surface area contributed by atoms with E-state index in [0.29, 0.717) is 24.5 Å². The van der Waals surface area contributed by atoms with Crippen molar-refractivity contribution in [2.24, 2.45) is 0 Å². The van der Waals surface area contributed by atoms with Crippen LogP contribution in [0, 0.1) is 0 Å². The summed E-state index contributed by atoms with van der Waals surface area (Å²) in [6.45, 7) is 7.56. The van der Waals surface area contributed by atoms with Crippen LogP contribution in [-0.2, 0) is 14.8 Å². The van der Waals surface area contributed by atoms with Crippen molar-refractivity contribution in [3.63, 3.8) is 0 Å². The normalized spacial score (nSPS) is 17.2. The van der Waals surface area contributed by atoms with Crippen LogP contribution < -0.4 is 9.04 Å². The van der Waals surface area contributed by atoms with Crippen molar-refractivity contribution >= 4 is 21.6 Å².